The van der Waals surface area contributed by atoms with Gasteiger partial charge in [-0.2, -0.15) is 0 Å². The average molecular weight is 399 g/mol. The zero-order valence-electron chi connectivity index (χ0n) is 16.8. The lowest BCUT2D eigenvalue weighted by atomic mass is 10.2. The summed E-state index contributed by atoms with van der Waals surface area (Å²) in [5.41, 5.74) is 2.28. The minimum absolute atomic E-state index is 0.254. The molecule has 6 nitrogen and oxygen atoms in total. The van der Waals surface area contributed by atoms with Gasteiger partial charge in [-0.1, -0.05) is 60.7 Å². The van der Waals surface area contributed by atoms with Gasteiger partial charge in [-0.15, -0.1) is 0 Å². The van der Waals surface area contributed by atoms with E-state index in [9.17, 15) is 4.79 Å². The zero-order chi connectivity index (χ0) is 20.6. The summed E-state index contributed by atoms with van der Waals surface area (Å²) < 4.78 is 0. The number of para-hydroxylation sites is 1. The van der Waals surface area contributed by atoms with Gasteiger partial charge in [-0.05, 0) is 17.7 Å². The van der Waals surface area contributed by atoms with Crippen LogP contribution in [0.2, 0.25) is 0 Å². The molecule has 2 heterocycles. The van der Waals surface area contributed by atoms with Gasteiger partial charge in [0.1, 0.15) is 11.5 Å². The molecule has 1 aromatic heterocycles. The number of nitrogens with one attached hydrogen (secondary N) is 1. The molecule has 152 valence electrons. The Hall–Kier alpha value is -3.51. The number of hydrogen-bond acceptors (Lipinski definition) is 5. The van der Waals surface area contributed by atoms with Gasteiger partial charge in [0.2, 0.25) is 0 Å². The summed E-state index contributed by atoms with van der Waals surface area (Å²) in [4.78, 5) is 25.7. The number of piperazine rings is 1. The van der Waals surface area contributed by atoms with Gasteiger partial charge in [0.15, 0.2) is 0 Å². The minimum Gasteiger partial charge on any atom is -0.353 e. The van der Waals surface area contributed by atoms with Crippen LogP contribution in [-0.2, 0) is 0 Å². The van der Waals surface area contributed by atoms with Gasteiger partial charge in [-0.25, -0.2) is 9.97 Å². The van der Waals surface area contributed by atoms with E-state index in [0.717, 1.165) is 44.2 Å². The molecule has 1 fully saturated rings. The van der Waals surface area contributed by atoms with E-state index >= 15 is 0 Å². The van der Waals surface area contributed by atoms with Crippen molar-refractivity contribution < 1.29 is 4.79 Å². The first-order valence-electron chi connectivity index (χ1n) is 10.2. The number of nitrogens with zero attached hydrogens (tertiary/aromatic N) is 4. The largest absolute Gasteiger partial charge is 0.353 e. The van der Waals surface area contributed by atoms with Crippen LogP contribution in [0.4, 0.5) is 11.5 Å². The highest BCUT2D eigenvalue weighted by atomic mass is 16.1. The maximum Gasteiger partial charge on any atom is 0.275 e. The van der Waals surface area contributed by atoms with Crippen molar-refractivity contribution in [1.29, 1.82) is 0 Å². The lowest BCUT2D eigenvalue weighted by molar-refractivity contribution is 0.102. The summed E-state index contributed by atoms with van der Waals surface area (Å²) >= 11 is 0. The highest BCUT2D eigenvalue weighted by Gasteiger charge is 2.18. The summed E-state index contributed by atoms with van der Waals surface area (Å²) in [5.74, 6) is 0.556. The monoisotopic (exact) mass is 399 g/mol. The van der Waals surface area contributed by atoms with E-state index in [1.54, 1.807) is 12.4 Å². The number of carbonyl (C=O) groups excluding carboxylic acids is 1. The van der Waals surface area contributed by atoms with E-state index in [0.29, 0.717) is 5.69 Å². The number of benzene rings is 2. The third kappa shape index (κ3) is 5.30. The summed E-state index contributed by atoms with van der Waals surface area (Å²) in [6.07, 6.45) is 7.61. The summed E-state index contributed by atoms with van der Waals surface area (Å²) in [6.45, 7) is 4.66. The van der Waals surface area contributed by atoms with Crippen LogP contribution in [0.25, 0.3) is 6.08 Å². The second-order valence-corrected chi connectivity index (χ2v) is 7.18. The molecule has 1 aliphatic heterocycles. The second kappa shape index (κ2) is 9.80. The molecule has 1 amide bonds. The van der Waals surface area contributed by atoms with Gasteiger partial charge in [0, 0.05) is 38.4 Å². The van der Waals surface area contributed by atoms with Crippen LogP contribution >= 0.6 is 0 Å². The SMILES string of the molecule is O=C(Nc1ccccc1)c1cnc(N2CCN(C/C=C/c3ccccc3)CC2)cn1. The van der Waals surface area contributed by atoms with Crippen LogP contribution in [0.5, 0.6) is 0 Å². The number of hydrogen-bond donors (Lipinski definition) is 1. The molecular weight excluding hydrogens is 374 g/mol. The lowest BCUT2D eigenvalue weighted by Gasteiger charge is -2.34. The van der Waals surface area contributed by atoms with Crippen LogP contribution in [0.15, 0.2) is 79.1 Å². The summed E-state index contributed by atoms with van der Waals surface area (Å²) in [6, 6.07) is 19.7. The van der Waals surface area contributed by atoms with E-state index in [1.165, 1.54) is 5.56 Å². The van der Waals surface area contributed by atoms with Crippen molar-refractivity contribution in [3.8, 4) is 0 Å². The van der Waals surface area contributed by atoms with Gasteiger partial charge >= 0.3 is 0 Å². The number of carbonyl (C=O) groups is 1. The van der Waals surface area contributed by atoms with E-state index in [-0.39, 0.29) is 5.91 Å². The Morgan fingerprint density at radius 3 is 2.27 bits per heavy atom. The van der Waals surface area contributed by atoms with Crippen molar-refractivity contribution in [1.82, 2.24) is 14.9 Å². The molecule has 0 spiro atoms. The molecule has 30 heavy (non-hydrogen) atoms. The third-order valence-electron chi connectivity index (χ3n) is 5.07. The van der Waals surface area contributed by atoms with Crippen LogP contribution < -0.4 is 10.2 Å². The number of rotatable bonds is 6. The standard InChI is InChI=1S/C24H25N5O/c30-24(27-21-11-5-2-6-12-21)22-18-26-23(19-25-22)29-16-14-28(15-17-29)13-7-10-20-8-3-1-4-9-20/h1-12,18-19H,13-17H2,(H,27,30)/b10-7+. The molecule has 1 saturated heterocycles. The van der Waals surface area contributed by atoms with Gasteiger partial charge in [-0.3, -0.25) is 9.69 Å². The number of amides is 1. The first-order chi connectivity index (χ1) is 14.8. The topological polar surface area (TPSA) is 61.4 Å². The Bertz CT molecular complexity index is 965. The molecule has 0 unspecified atom stereocenters. The van der Waals surface area contributed by atoms with Crippen molar-refractivity contribution in [2.45, 2.75) is 0 Å². The predicted octanol–water partition coefficient (Wildman–Crippen LogP) is 3.56. The Kier molecular flexibility index (Phi) is 6.47. The lowest BCUT2D eigenvalue weighted by Crippen LogP contribution is -2.46. The molecule has 6 heteroatoms. The third-order valence-corrected chi connectivity index (χ3v) is 5.07. The maximum atomic E-state index is 12.3. The molecule has 2 aromatic carbocycles. The van der Waals surface area contributed by atoms with E-state index in [4.69, 9.17) is 0 Å². The number of anilines is 2. The molecule has 1 aliphatic rings. The fraction of sp³-hybridized carbons (Fsp3) is 0.208. The Balaban J connectivity index is 1.26. The molecule has 0 saturated carbocycles. The van der Waals surface area contributed by atoms with Crippen molar-refractivity contribution in [2.24, 2.45) is 0 Å². The van der Waals surface area contributed by atoms with Gasteiger partial charge < -0.3 is 10.2 Å². The van der Waals surface area contributed by atoms with Crippen LogP contribution in [0, 0.1) is 0 Å². The van der Waals surface area contributed by atoms with Gasteiger partial charge in [0.25, 0.3) is 5.91 Å². The fourth-order valence-corrected chi connectivity index (χ4v) is 3.38. The maximum absolute atomic E-state index is 12.3. The number of aromatic nitrogens is 2. The Labute approximate surface area is 176 Å². The molecule has 4 rings (SSSR count). The van der Waals surface area contributed by atoms with E-state index < -0.39 is 0 Å². The zero-order valence-corrected chi connectivity index (χ0v) is 16.8. The molecular formula is C24H25N5O. The normalized spacial score (nSPS) is 14.7. The van der Waals surface area contributed by atoms with E-state index in [1.807, 2.05) is 36.4 Å². The molecule has 0 radical (unpaired) electrons. The molecule has 0 atom stereocenters. The van der Waals surface area contributed by atoms with Crippen LogP contribution in [0.3, 0.4) is 0 Å². The quantitative estimate of drug-likeness (QED) is 0.687. The van der Waals surface area contributed by atoms with Crippen LogP contribution in [-0.4, -0.2) is 53.5 Å². The van der Waals surface area contributed by atoms with Crippen molar-refractivity contribution in [3.63, 3.8) is 0 Å². The summed E-state index contributed by atoms with van der Waals surface area (Å²) in [5, 5.41) is 2.83. The van der Waals surface area contributed by atoms with Crippen molar-refractivity contribution >= 4 is 23.5 Å². The molecule has 0 bridgehead atoms. The molecule has 1 N–H and O–H groups in total. The first kappa shape index (κ1) is 19.8. The van der Waals surface area contributed by atoms with Crippen LogP contribution in [0.1, 0.15) is 16.1 Å². The van der Waals surface area contributed by atoms with Crippen molar-refractivity contribution in [2.75, 3.05) is 42.9 Å². The van der Waals surface area contributed by atoms with E-state index in [2.05, 4.69) is 61.5 Å². The van der Waals surface area contributed by atoms with Gasteiger partial charge in [0.05, 0.1) is 12.4 Å². The summed E-state index contributed by atoms with van der Waals surface area (Å²) in [7, 11) is 0. The first-order valence-corrected chi connectivity index (χ1v) is 10.2. The minimum atomic E-state index is -0.254. The second-order valence-electron chi connectivity index (χ2n) is 7.18. The molecule has 0 aliphatic carbocycles. The van der Waals surface area contributed by atoms with Crippen molar-refractivity contribution in [3.05, 3.63) is 90.4 Å². The highest BCUT2D eigenvalue weighted by Crippen LogP contribution is 2.14. The average Bonchev–Trinajstić information content (AvgIpc) is 2.81. The predicted molar refractivity (Wildman–Crippen MR) is 121 cm³/mol. The fourth-order valence-electron chi connectivity index (χ4n) is 3.38. The Morgan fingerprint density at radius 2 is 1.60 bits per heavy atom. The smallest absolute Gasteiger partial charge is 0.275 e. The highest BCUT2D eigenvalue weighted by molar-refractivity contribution is 6.02. The Morgan fingerprint density at radius 1 is 0.900 bits per heavy atom. The molecule has 3 aromatic rings.